The van der Waals surface area contributed by atoms with E-state index in [-0.39, 0.29) is 44.1 Å². The van der Waals surface area contributed by atoms with E-state index in [1.54, 1.807) is 27.7 Å². The molecule has 0 aromatic rings. The SMILES string of the molecule is CC[C@H](C)[C@H](NC(=O)[C@H](CC(C)C)NC(=O)[C@H](CC(C)C)NC(=O)[C@@H](N)CO)C(=O)N[C@@H](CO)C(=O)N1CCC[C@H]1C(=O)N[C@@H](CC(N)=O)C(=O)N[C@@H](CO)C(=O)N[C@H](C(=O)O)C(C)C. The average molecular weight is 929 g/mol. The molecule has 1 heterocycles. The number of aliphatic hydroxyl groups excluding tert-OH is 3. The van der Waals surface area contributed by atoms with Gasteiger partial charge in [-0.05, 0) is 49.4 Å². The van der Waals surface area contributed by atoms with Crippen molar-refractivity contribution >= 4 is 59.1 Å². The van der Waals surface area contributed by atoms with Gasteiger partial charge in [0.1, 0.15) is 54.4 Å². The first-order chi connectivity index (χ1) is 30.3. The zero-order valence-electron chi connectivity index (χ0n) is 38.5. The highest BCUT2D eigenvalue weighted by Gasteiger charge is 2.41. The molecule has 9 amide bonds. The summed E-state index contributed by atoms with van der Waals surface area (Å²) in [7, 11) is 0. The quantitative estimate of drug-likeness (QED) is 0.0351. The first kappa shape index (κ1) is 57.6. The third kappa shape index (κ3) is 18.5. The van der Waals surface area contributed by atoms with Crippen molar-refractivity contribution in [3.05, 3.63) is 0 Å². The lowest BCUT2D eigenvalue weighted by atomic mass is 9.96. The third-order valence-electron chi connectivity index (χ3n) is 10.7. The number of nitrogens with zero attached hydrogens (tertiary/aromatic N) is 1. The number of aliphatic hydroxyl groups is 3. The largest absolute Gasteiger partial charge is 0.480 e. The van der Waals surface area contributed by atoms with Gasteiger partial charge in [-0.1, -0.05) is 61.8 Å². The molecule has 1 rings (SSSR count). The Morgan fingerprint density at radius 1 is 0.600 bits per heavy atom. The fraction of sp³-hybridized carbons (Fsp3) is 0.756. The van der Waals surface area contributed by atoms with Gasteiger partial charge in [-0.2, -0.15) is 0 Å². The Bertz CT molecular complexity index is 1680. The van der Waals surface area contributed by atoms with Gasteiger partial charge < -0.3 is 74.0 Å². The summed E-state index contributed by atoms with van der Waals surface area (Å²) in [6.45, 7) is 11.0. The van der Waals surface area contributed by atoms with E-state index in [2.05, 4.69) is 37.2 Å². The van der Waals surface area contributed by atoms with Gasteiger partial charge in [-0.15, -0.1) is 0 Å². The van der Waals surface area contributed by atoms with Crippen LogP contribution in [0.3, 0.4) is 0 Å². The van der Waals surface area contributed by atoms with E-state index >= 15 is 0 Å². The fourth-order valence-corrected chi connectivity index (χ4v) is 6.86. The molecular formula is C41H72N10O14. The normalized spacial score (nSPS) is 17.9. The molecule has 1 aliphatic rings. The number of carbonyl (C=O) groups excluding carboxylic acids is 9. The molecule has 10 atom stereocenters. The van der Waals surface area contributed by atoms with Gasteiger partial charge in [0.25, 0.3) is 0 Å². The third-order valence-corrected chi connectivity index (χ3v) is 10.7. The molecule has 1 fully saturated rings. The maximum absolute atomic E-state index is 13.9. The molecule has 24 heteroatoms. The van der Waals surface area contributed by atoms with Crippen molar-refractivity contribution in [3.8, 4) is 0 Å². The lowest BCUT2D eigenvalue weighted by Gasteiger charge is -2.31. The van der Waals surface area contributed by atoms with Crippen molar-refractivity contribution in [3.63, 3.8) is 0 Å². The van der Waals surface area contributed by atoms with Crippen molar-refractivity contribution in [1.82, 2.24) is 42.1 Å². The number of nitrogens with two attached hydrogens (primary N) is 2. The molecule has 24 nitrogen and oxygen atoms in total. The minimum atomic E-state index is -1.72. The zero-order valence-corrected chi connectivity index (χ0v) is 38.5. The van der Waals surface area contributed by atoms with E-state index in [0.717, 1.165) is 4.90 Å². The Hall–Kier alpha value is -5.46. The van der Waals surface area contributed by atoms with Crippen molar-refractivity contribution in [2.75, 3.05) is 26.4 Å². The highest BCUT2D eigenvalue weighted by molar-refractivity contribution is 5.99. The number of amides is 9. The molecule has 0 aromatic heterocycles. The number of rotatable bonds is 28. The molecule has 0 radical (unpaired) electrons. The van der Waals surface area contributed by atoms with Gasteiger partial charge >= 0.3 is 5.97 Å². The van der Waals surface area contributed by atoms with Crippen LogP contribution in [0.15, 0.2) is 0 Å². The lowest BCUT2D eigenvalue weighted by molar-refractivity contribution is -0.144. The molecule has 1 saturated heterocycles. The van der Waals surface area contributed by atoms with Gasteiger partial charge in [0, 0.05) is 6.54 Å². The van der Waals surface area contributed by atoms with E-state index in [1.165, 1.54) is 13.8 Å². The van der Waals surface area contributed by atoms with Gasteiger partial charge in [0.2, 0.25) is 53.2 Å². The zero-order chi connectivity index (χ0) is 49.9. The van der Waals surface area contributed by atoms with Crippen LogP contribution in [0.4, 0.5) is 0 Å². The summed E-state index contributed by atoms with van der Waals surface area (Å²) in [4.78, 5) is 132. The standard InChI is InChI=1S/C41H72N10O14/c1-9-22(8)32(50-36(59)25(14-20(4)5)45-34(57)24(13-19(2)3)44-33(56)23(42)16-52)39(62)48-28(18-54)40(63)51-12-10-11-29(51)38(61)46-26(15-30(43)55)35(58)47-27(17-53)37(60)49-31(21(6)7)41(64)65/h19-29,31-32,52-54H,9-18,42H2,1-8H3,(H2,43,55)(H,44,56)(H,45,57)(H,46,61)(H,47,58)(H,48,62)(H,49,60)(H,50,59)(H,64,65)/t22-,23-,24-,25-,26-,27-,28-,29-,31-,32-/m0/s1. The Morgan fingerprint density at radius 2 is 1.06 bits per heavy atom. The van der Waals surface area contributed by atoms with Crippen molar-refractivity contribution < 1.29 is 68.4 Å². The van der Waals surface area contributed by atoms with Gasteiger partial charge in [-0.25, -0.2) is 4.79 Å². The molecule has 0 aliphatic carbocycles. The van der Waals surface area contributed by atoms with Crippen molar-refractivity contribution in [2.24, 2.45) is 35.1 Å². The van der Waals surface area contributed by atoms with Gasteiger partial charge in [0.05, 0.1) is 26.2 Å². The number of nitrogens with one attached hydrogen (secondary N) is 7. The molecule has 0 unspecified atom stereocenters. The number of carboxylic acid groups (broad SMARTS) is 1. The van der Waals surface area contributed by atoms with E-state index in [0.29, 0.717) is 6.42 Å². The lowest BCUT2D eigenvalue weighted by Crippen LogP contribution is -2.62. The smallest absolute Gasteiger partial charge is 0.326 e. The Balaban J connectivity index is 3.27. The molecule has 370 valence electrons. The van der Waals surface area contributed by atoms with Crippen LogP contribution in [0.5, 0.6) is 0 Å². The number of carboxylic acids is 1. The molecule has 0 bridgehead atoms. The molecule has 15 N–H and O–H groups in total. The van der Waals surface area contributed by atoms with Crippen LogP contribution < -0.4 is 48.7 Å². The fourth-order valence-electron chi connectivity index (χ4n) is 6.86. The monoisotopic (exact) mass is 929 g/mol. The van der Waals surface area contributed by atoms with Gasteiger partial charge in [0.15, 0.2) is 0 Å². The second-order valence-corrected chi connectivity index (χ2v) is 17.5. The van der Waals surface area contributed by atoms with Crippen LogP contribution in [0.25, 0.3) is 0 Å². The average Bonchev–Trinajstić information content (AvgIpc) is 3.73. The Kier molecular flexibility index (Phi) is 24.6. The second kappa shape index (κ2) is 27.8. The van der Waals surface area contributed by atoms with Crippen LogP contribution >= 0.6 is 0 Å². The Morgan fingerprint density at radius 3 is 1.52 bits per heavy atom. The van der Waals surface area contributed by atoms with E-state index in [9.17, 15) is 68.4 Å². The summed E-state index contributed by atoms with van der Waals surface area (Å²) in [6.07, 6.45) is 0.170. The molecule has 0 aromatic carbocycles. The maximum atomic E-state index is 13.9. The molecule has 0 spiro atoms. The Labute approximate surface area is 378 Å². The van der Waals surface area contributed by atoms with E-state index in [4.69, 9.17) is 11.5 Å². The summed E-state index contributed by atoms with van der Waals surface area (Å²) < 4.78 is 0. The maximum Gasteiger partial charge on any atom is 0.326 e. The molecule has 1 aliphatic heterocycles. The van der Waals surface area contributed by atoms with E-state index in [1.807, 2.05) is 13.8 Å². The van der Waals surface area contributed by atoms with Crippen molar-refractivity contribution in [1.29, 1.82) is 0 Å². The first-order valence-electron chi connectivity index (χ1n) is 21.9. The molecule has 0 saturated carbocycles. The first-order valence-corrected chi connectivity index (χ1v) is 21.9. The predicted molar refractivity (Wildman–Crippen MR) is 232 cm³/mol. The number of carbonyl (C=O) groups is 10. The number of aliphatic carboxylic acids is 1. The minimum absolute atomic E-state index is 0.0321. The van der Waals surface area contributed by atoms with Crippen molar-refractivity contribution in [2.45, 2.75) is 148 Å². The summed E-state index contributed by atoms with van der Waals surface area (Å²) >= 11 is 0. The van der Waals surface area contributed by atoms with Crippen LogP contribution in [-0.2, 0) is 47.9 Å². The van der Waals surface area contributed by atoms with Crippen LogP contribution in [-0.4, -0.2) is 165 Å². The van der Waals surface area contributed by atoms with Crippen LogP contribution in [0, 0.1) is 23.7 Å². The summed E-state index contributed by atoms with van der Waals surface area (Å²) in [5.41, 5.74) is 11.0. The topological polar surface area (TPSA) is 391 Å². The van der Waals surface area contributed by atoms with Crippen LogP contribution in [0.1, 0.15) is 93.9 Å². The number of primary amides is 1. The summed E-state index contributed by atoms with van der Waals surface area (Å²) in [5, 5.41) is 55.9. The molecule has 65 heavy (non-hydrogen) atoms. The summed E-state index contributed by atoms with van der Waals surface area (Å²) in [5.74, 6) is -10.9. The molecular weight excluding hydrogens is 857 g/mol. The number of hydrogen-bond donors (Lipinski definition) is 13. The number of hydrogen-bond acceptors (Lipinski definition) is 14. The highest BCUT2D eigenvalue weighted by Crippen LogP contribution is 2.20. The highest BCUT2D eigenvalue weighted by atomic mass is 16.4. The van der Waals surface area contributed by atoms with Crippen LogP contribution in [0.2, 0.25) is 0 Å². The van der Waals surface area contributed by atoms with Gasteiger partial charge in [-0.3, -0.25) is 43.2 Å². The van der Waals surface area contributed by atoms with E-state index < -0.39 is 152 Å². The number of likely N-dealkylation sites (tertiary alicyclic amines) is 1. The summed E-state index contributed by atoms with van der Waals surface area (Å²) in [6, 6.07) is -12.6. The predicted octanol–water partition coefficient (Wildman–Crippen LogP) is -4.57. The minimum Gasteiger partial charge on any atom is -0.480 e. The second-order valence-electron chi connectivity index (χ2n) is 17.5.